The Balaban J connectivity index is 1.48. The predicted octanol–water partition coefficient (Wildman–Crippen LogP) is 4.53. The van der Waals surface area contributed by atoms with Crippen LogP contribution >= 0.6 is 11.3 Å². The Kier molecular flexibility index (Phi) is 5.13. The number of nitrogens with one attached hydrogen (secondary N) is 1. The van der Waals surface area contributed by atoms with E-state index in [9.17, 15) is 9.59 Å². The van der Waals surface area contributed by atoms with Gasteiger partial charge in [0.25, 0.3) is 5.91 Å². The quantitative estimate of drug-likeness (QED) is 0.640. The van der Waals surface area contributed by atoms with Gasteiger partial charge in [-0.3, -0.25) is 9.59 Å². The summed E-state index contributed by atoms with van der Waals surface area (Å²) in [7, 11) is 0. The van der Waals surface area contributed by atoms with Gasteiger partial charge in [-0.2, -0.15) is 0 Å². The number of aromatic nitrogens is 1. The second kappa shape index (κ2) is 7.83. The lowest BCUT2D eigenvalue weighted by Gasteiger charge is -2.44. The number of aryl methyl sites for hydroxylation is 1. The van der Waals surface area contributed by atoms with Crippen molar-refractivity contribution >= 4 is 33.4 Å². The Morgan fingerprint density at radius 1 is 1.19 bits per heavy atom. The molecule has 3 aromatic rings. The fraction of sp³-hybridized carbons (Fsp3) is 0.440. The maximum atomic E-state index is 13.6. The van der Waals surface area contributed by atoms with Gasteiger partial charge in [0, 0.05) is 18.0 Å². The molecule has 6 heteroatoms. The molecule has 0 saturated heterocycles. The lowest BCUT2D eigenvalue weighted by molar-refractivity contribution is -0.133. The fourth-order valence-electron chi connectivity index (χ4n) is 5.01. The molecular formula is C25H29N3O2S. The van der Waals surface area contributed by atoms with Crippen LogP contribution in [0.4, 0.5) is 0 Å². The standard InChI is InChI=1S/C25H29N3O2S/c1-17-7-9-18(10-8-17)11-13-28-22(29)21-15-19-12-14-31-23(19)27(21)16-25(28,2)24(30)26-20-5-3-4-6-20/h7-10,12,14-15,20H,3-6,11,13,16H2,1-2H3,(H,26,30)/t25-/m1/s1. The summed E-state index contributed by atoms with van der Waals surface area (Å²) in [6.07, 6.45) is 5.12. The number of amides is 2. The average Bonchev–Trinajstić information content (AvgIpc) is 3.48. The van der Waals surface area contributed by atoms with E-state index >= 15 is 0 Å². The minimum atomic E-state index is -0.909. The van der Waals surface area contributed by atoms with Crippen molar-refractivity contribution in [2.45, 2.75) is 64.1 Å². The van der Waals surface area contributed by atoms with Crippen LogP contribution in [0.25, 0.3) is 10.2 Å². The van der Waals surface area contributed by atoms with Crippen LogP contribution in [-0.4, -0.2) is 39.4 Å². The van der Waals surface area contributed by atoms with Gasteiger partial charge in [0.05, 0.1) is 6.54 Å². The number of carbonyl (C=O) groups excluding carboxylic acids is 2. The van der Waals surface area contributed by atoms with Crippen molar-refractivity contribution in [3.8, 4) is 0 Å². The van der Waals surface area contributed by atoms with E-state index in [1.54, 1.807) is 11.3 Å². The van der Waals surface area contributed by atoms with E-state index in [0.29, 0.717) is 18.8 Å². The van der Waals surface area contributed by atoms with Gasteiger partial charge in [0.15, 0.2) is 0 Å². The van der Waals surface area contributed by atoms with Crippen LogP contribution in [0, 0.1) is 6.92 Å². The molecular weight excluding hydrogens is 406 g/mol. The Labute approximate surface area is 187 Å². The molecule has 1 aliphatic heterocycles. The molecule has 162 valence electrons. The molecule has 1 aromatic carbocycles. The molecule has 3 heterocycles. The first kappa shape index (κ1) is 20.3. The summed E-state index contributed by atoms with van der Waals surface area (Å²) in [5.74, 6) is -0.0773. The van der Waals surface area contributed by atoms with Gasteiger partial charge >= 0.3 is 0 Å². The van der Waals surface area contributed by atoms with Crippen molar-refractivity contribution in [2.75, 3.05) is 6.54 Å². The number of fused-ring (bicyclic) bond motifs is 3. The molecule has 0 unspecified atom stereocenters. The number of hydrogen-bond acceptors (Lipinski definition) is 3. The Bertz CT molecular complexity index is 1120. The van der Waals surface area contributed by atoms with Gasteiger partial charge in [0.1, 0.15) is 16.1 Å². The molecule has 0 spiro atoms. The van der Waals surface area contributed by atoms with E-state index in [0.717, 1.165) is 42.3 Å². The van der Waals surface area contributed by atoms with Crippen LogP contribution in [0.3, 0.4) is 0 Å². The molecule has 0 bridgehead atoms. The molecule has 1 N–H and O–H groups in total. The van der Waals surface area contributed by atoms with Gasteiger partial charge in [-0.1, -0.05) is 42.7 Å². The summed E-state index contributed by atoms with van der Waals surface area (Å²) in [6, 6.07) is 12.7. The number of hydrogen-bond donors (Lipinski definition) is 1. The molecule has 2 aromatic heterocycles. The summed E-state index contributed by atoms with van der Waals surface area (Å²) >= 11 is 1.63. The van der Waals surface area contributed by atoms with Crippen molar-refractivity contribution in [1.82, 2.24) is 14.8 Å². The summed E-state index contributed by atoms with van der Waals surface area (Å²) < 4.78 is 2.05. The van der Waals surface area contributed by atoms with Gasteiger partial charge in [-0.25, -0.2) is 0 Å². The van der Waals surface area contributed by atoms with E-state index in [-0.39, 0.29) is 17.9 Å². The maximum absolute atomic E-state index is 13.6. The summed E-state index contributed by atoms with van der Waals surface area (Å²) in [6.45, 7) is 5.02. The average molecular weight is 436 g/mol. The minimum Gasteiger partial charge on any atom is -0.351 e. The van der Waals surface area contributed by atoms with Crippen LogP contribution < -0.4 is 5.32 Å². The lowest BCUT2D eigenvalue weighted by Crippen LogP contribution is -2.65. The zero-order valence-corrected chi connectivity index (χ0v) is 19.0. The van der Waals surface area contributed by atoms with Crippen LogP contribution in [-0.2, 0) is 17.8 Å². The van der Waals surface area contributed by atoms with Gasteiger partial charge < -0.3 is 14.8 Å². The highest BCUT2D eigenvalue weighted by atomic mass is 32.1. The number of benzene rings is 1. The topological polar surface area (TPSA) is 54.3 Å². The van der Waals surface area contributed by atoms with Crippen LogP contribution in [0.15, 0.2) is 41.8 Å². The third-order valence-corrected chi connectivity index (χ3v) is 7.90. The SMILES string of the molecule is Cc1ccc(CCN2C(=O)c3cc4ccsc4n3C[C@]2(C)C(=O)NC2CCCC2)cc1. The van der Waals surface area contributed by atoms with Crippen LogP contribution in [0.5, 0.6) is 0 Å². The van der Waals surface area contributed by atoms with E-state index in [2.05, 4.69) is 41.1 Å². The smallest absolute Gasteiger partial charge is 0.271 e. The Morgan fingerprint density at radius 3 is 2.68 bits per heavy atom. The van der Waals surface area contributed by atoms with E-state index in [4.69, 9.17) is 0 Å². The van der Waals surface area contributed by atoms with Crippen molar-refractivity contribution in [3.63, 3.8) is 0 Å². The fourth-order valence-corrected chi connectivity index (χ4v) is 5.91. The second-order valence-electron chi connectivity index (χ2n) is 9.22. The summed E-state index contributed by atoms with van der Waals surface area (Å²) in [5, 5.41) is 6.39. The van der Waals surface area contributed by atoms with Gasteiger partial charge in [-0.05, 0) is 56.2 Å². The molecule has 1 aliphatic carbocycles. The highest BCUT2D eigenvalue weighted by Gasteiger charge is 2.48. The van der Waals surface area contributed by atoms with E-state index < -0.39 is 5.54 Å². The third kappa shape index (κ3) is 3.57. The molecule has 5 nitrogen and oxygen atoms in total. The third-order valence-electron chi connectivity index (χ3n) is 6.95. The lowest BCUT2D eigenvalue weighted by atomic mass is 9.93. The zero-order valence-electron chi connectivity index (χ0n) is 18.2. The highest BCUT2D eigenvalue weighted by Crippen LogP contribution is 2.35. The largest absolute Gasteiger partial charge is 0.351 e. The van der Waals surface area contributed by atoms with Gasteiger partial charge in [0.2, 0.25) is 5.91 Å². The zero-order chi connectivity index (χ0) is 21.6. The Morgan fingerprint density at radius 2 is 1.94 bits per heavy atom. The van der Waals surface area contributed by atoms with Crippen molar-refractivity contribution in [1.29, 1.82) is 0 Å². The second-order valence-corrected chi connectivity index (χ2v) is 10.1. The van der Waals surface area contributed by atoms with Crippen molar-refractivity contribution in [3.05, 3.63) is 58.6 Å². The molecule has 5 rings (SSSR count). The van der Waals surface area contributed by atoms with Crippen LogP contribution in [0.1, 0.15) is 54.2 Å². The molecule has 1 fully saturated rings. The maximum Gasteiger partial charge on any atom is 0.271 e. The van der Waals surface area contributed by atoms with Crippen LogP contribution in [0.2, 0.25) is 0 Å². The molecule has 0 radical (unpaired) electrons. The van der Waals surface area contributed by atoms with E-state index in [1.807, 2.05) is 29.3 Å². The first-order chi connectivity index (χ1) is 15.0. The normalized spacial score (nSPS) is 21.6. The first-order valence-corrected chi connectivity index (χ1v) is 12.1. The molecule has 2 amide bonds. The molecule has 31 heavy (non-hydrogen) atoms. The first-order valence-electron chi connectivity index (χ1n) is 11.2. The van der Waals surface area contributed by atoms with Crippen molar-refractivity contribution < 1.29 is 9.59 Å². The molecule has 1 saturated carbocycles. The number of thiophene rings is 1. The number of rotatable bonds is 5. The predicted molar refractivity (Wildman–Crippen MR) is 125 cm³/mol. The minimum absolute atomic E-state index is 0.0271. The number of carbonyl (C=O) groups is 2. The summed E-state index contributed by atoms with van der Waals surface area (Å²) in [5.41, 5.74) is 2.18. The highest BCUT2D eigenvalue weighted by molar-refractivity contribution is 7.16. The molecule has 1 atom stereocenters. The molecule has 2 aliphatic rings. The summed E-state index contributed by atoms with van der Waals surface area (Å²) in [4.78, 5) is 30.1. The monoisotopic (exact) mass is 435 g/mol. The number of nitrogens with zero attached hydrogens (tertiary/aromatic N) is 2. The Hall–Kier alpha value is -2.60. The van der Waals surface area contributed by atoms with Gasteiger partial charge in [-0.15, -0.1) is 11.3 Å². The van der Waals surface area contributed by atoms with Crippen molar-refractivity contribution in [2.24, 2.45) is 0 Å². The van der Waals surface area contributed by atoms with E-state index in [1.165, 1.54) is 11.1 Å².